The minimum Gasteiger partial charge on any atom is -0.493 e. The van der Waals surface area contributed by atoms with Crippen molar-refractivity contribution in [2.75, 3.05) is 30.0 Å². The van der Waals surface area contributed by atoms with Crippen molar-refractivity contribution in [3.63, 3.8) is 0 Å². The average molecular weight is 398 g/mol. The van der Waals surface area contributed by atoms with E-state index in [4.69, 9.17) is 14.6 Å². The quantitative estimate of drug-likeness (QED) is 0.232. The molecule has 144 valence electrons. The average Bonchev–Trinajstić information content (AvgIpc) is 2.63. The van der Waals surface area contributed by atoms with Gasteiger partial charge in [-0.1, -0.05) is 25.3 Å². The summed E-state index contributed by atoms with van der Waals surface area (Å²) in [6.07, 6.45) is 1.11. The van der Waals surface area contributed by atoms with Crippen LogP contribution in [-0.4, -0.2) is 40.0 Å². The molecule has 1 amide bonds. The summed E-state index contributed by atoms with van der Waals surface area (Å²) in [5.74, 6) is 2.14. The van der Waals surface area contributed by atoms with Gasteiger partial charge >= 0.3 is 6.09 Å². The number of aliphatic hydroxyl groups excluding tert-OH is 1. The third-order valence-electron chi connectivity index (χ3n) is 3.20. The predicted octanol–water partition coefficient (Wildman–Crippen LogP) is 4.65. The zero-order valence-corrected chi connectivity index (χ0v) is 17.0. The Balaban J connectivity index is 2.17. The van der Waals surface area contributed by atoms with Gasteiger partial charge in [-0.25, -0.2) is 4.79 Å². The predicted molar refractivity (Wildman–Crippen MR) is 112 cm³/mol. The number of carbonyl (C=O) groups excluding carboxylic acids is 1. The molecule has 0 bridgehead atoms. The molecule has 0 atom stereocenters. The third kappa shape index (κ3) is 9.79. The molecule has 0 aliphatic heterocycles. The zero-order chi connectivity index (χ0) is 19.4. The Morgan fingerprint density at radius 2 is 1.77 bits per heavy atom. The standard InChI is InChI=1S/C19H27NO4S2/c1-5-15(2)23-10-12-25-19(3,4)26-13-11-24-18(22)20-17-8-6-16(14-21)7-9-17/h5-9,21H,1-2,10-14H2,3-4H3,(H,20,22). The first-order valence-electron chi connectivity index (χ1n) is 8.22. The highest BCUT2D eigenvalue weighted by atomic mass is 32.2. The SMILES string of the molecule is C=CC(=C)OCCSC(C)(C)SCCOC(=O)Nc1ccc(CO)cc1. The largest absolute Gasteiger partial charge is 0.493 e. The molecule has 7 heteroatoms. The number of anilines is 1. The number of hydrogen-bond acceptors (Lipinski definition) is 6. The molecule has 0 fully saturated rings. The second kappa shape index (κ2) is 11.9. The van der Waals surface area contributed by atoms with Crippen LogP contribution in [0.15, 0.2) is 49.3 Å². The van der Waals surface area contributed by atoms with Gasteiger partial charge in [0.05, 0.1) is 17.3 Å². The first-order chi connectivity index (χ1) is 12.4. The first kappa shape index (κ1) is 22.5. The monoisotopic (exact) mass is 397 g/mol. The van der Waals surface area contributed by atoms with Crippen LogP contribution >= 0.6 is 23.5 Å². The van der Waals surface area contributed by atoms with Crippen LogP contribution < -0.4 is 5.32 Å². The molecule has 1 rings (SSSR count). The lowest BCUT2D eigenvalue weighted by Crippen LogP contribution is -2.18. The molecule has 0 radical (unpaired) electrons. The number of aliphatic hydroxyl groups is 1. The smallest absolute Gasteiger partial charge is 0.411 e. The van der Waals surface area contributed by atoms with Crippen LogP contribution in [0.2, 0.25) is 0 Å². The Bertz CT molecular complexity index is 588. The van der Waals surface area contributed by atoms with Crippen LogP contribution in [0.4, 0.5) is 10.5 Å². The molecule has 0 aromatic heterocycles. The minimum absolute atomic E-state index is 0.00116. The van der Waals surface area contributed by atoms with E-state index in [9.17, 15) is 4.79 Å². The topological polar surface area (TPSA) is 67.8 Å². The van der Waals surface area contributed by atoms with E-state index in [1.165, 1.54) is 0 Å². The molecule has 0 spiro atoms. The van der Waals surface area contributed by atoms with Crippen LogP contribution in [0.1, 0.15) is 19.4 Å². The number of thioether (sulfide) groups is 2. The molecule has 0 aliphatic rings. The number of nitrogens with one attached hydrogen (secondary N) is 1. The zero-order valence-electron chi connectivity index (χ0n) is 15.3. The normalized spacial score (nSPS) is 10.9. The van der Waals surface area contributed by atoms with Crippen LogP contribution in [0, 0.1) is 0 Å². The van der Waals surface area contributed by atoms with Gasteiger partial charge in [-0.05, 0) is 37.6 Å². The van der Waals surface area contributed by atoms with Gasteiger partial charge in [0.25, 0.3) is 0 Å². The van der Waals surface area contributed by atoms with Crippen molar-refractivity contribution in [2.45, 2.75) is 24.5 Å². The van der Waals surface area contributed by atoms with Crippen molar-refractivity contribution < 1.29 is 19.4 Å². The molecule has 0 aliphatic carbocycles. The van der Waals surface area contributed by atoms with Crippen molar-refractivity contribution in [1.29, 1.82) is 0 Å². The van der Waals surface area contributed by atoms with Crippen molar-refractivity contribution >= 4 is 35.3 Å². The molecule has 0 saturated carbocycles. The molecular weight excluding hydrogens is 370 g/mol. The van der Waals surface area contributed by atoms with E-state index in [2.05, 4.69) is 32.3 Å². The van der Waals surface area contributed by atoms with Crippen molar-refractivity contribution in [1.82, 2.24) is 0 Å². The summed E-state index contributed by atoms with van der Waals surface area (Å²) >= 11 is 3.51. The van der Waals surface area contributed by atoms with Gasteiger partial charge in [0.15, 0.2) is 0 Å². The lowest BCUT2D eigenvalue weighted by molar-refractivity contribution is 0.169. The number of rotatable bonds is 12. The van der Waals surface area contributed by atoms with E-state index in [1.807, 2.05) is 0 Å². The van der Waals surface area contributed by atoms with Gasteiger partial charge in [-0.15, -0.1) is 23.5 Å². The maximum Gasteiger partial charge on any atom is 0.411 e. The van der Waals surface area contributed by atoms with Crippen molar-refractivity contribution in [2.24, 2.45) is 0 Å². The second-order valence-electron chi connectivity index (χ2n) is 5.73. The van der Waals surface area contributed by atoms with Crippen LogP contribution in [0.5, 0.6) is 0 Å². The molecule has 26 heavy (non-hydrogen) atoms. The number of hydrogen-bond donors (Lipinski definition) is 2. The summed E-state index contributed by atoms with van der Waals surface area (Å²) in [5.41, 5.74) is 1.43. The number of allylic oxidation sites excluding steroid dienone is 1. The maximum atomic E-state index is 11.8. The number of benzene rings is 1. The fourth-order valence-electron chi connectivity index (χ4n) is 1.83. The Hall–Kier alpha value is -1.57. The van der Waals surface area contributed by atoms with E-state index in [-0.39, 0.29) is 10.7 Å². The lowest BCUT2D eigenvalue weighted by Gasteiger charge is -2.23. The summed E-state index contributed by atoms with van der Waals surface area (Å²) in [7, 11) is 0. The Morgan fingerprint density at radius 1 is 1.19 bits per heavy atom. The van der Waals surface area contributed by atoms with Gasteiger partial charge in [-0.3, -0.25) is 5.32 Å². The van der Waals surface area contributed by atoms with Gasteiger partial charge in [0.1, 0.15) is 12.4 Å². The van der Waals surface area contributed by atoms with Gasteiger partial charge < -0.3 is 14.6 Å². The van der Waals surface area contributed by atoms with Crippen molar-refractivity contribution in [3.8, 4) is 0 Å². The van der Waals surface area contributed by atoms with Gasteiger partial charge in [0, 0.05) is 17.2 Å². The van der Waals surface area contributed by atoms with Gasteiger partial charge in [-0.2, -0.15) is 0 Å². The minimum atomic E-state index is -0.482. The lowest BCUT2D eigenvalue weighted by atomic mass is 10.2. The molecule has 2 N–H and O–H groups in total. The van der Waals surface area contributed by atoms with Gasteiger partial charge in [0.2, 0.25) is 0 Å². The highest BCUT2D eigenvalue weighted by molar-refractivity contribution is 8.18. The molecule has 0 saturated heterocycles. The molecule has 1 aromatic carbocycles. The Morgan fingerprint density at radius 3 is 2.31 bits per heavy atom. The molecule has 1 aromatic rings. The van der Waals surface area contributed by atoms with E-state index in [1.54, 1.807) is 53.9 Å². The van der Waals surface area contributed by atoms with Crippen molar-refractivity contribution in [3.05, 3.63) is 54.8 Å². The summed E-state index contributed by atoms with van der Waals surface area (Å²) in [6, 6.07) is 6.95. The van der Waals surface area contributed by atoms with Crippen LogP contribution in [0.3, 0.4) is 0 Å². The fraction of sp³-hybridized carbons (Fsp3) is 0.421. The van der Waals surface area contributed by atoms with E-state index in [0.717, 1.165) is 11.3 Å². The number of amides is 1. The number of carbonyl (C=O) groups is 1. The molecule has 0 unspecified atom stereocenters. The molecule has 0 heterocycles. The second-order valence-corrected chi connectivity index (χ2v) is 9.43. The number of ether oxygens (including phenoxy) is 2. The maximum absolute atomic E-state index is 11.8. The van der Waals surface area contributed by atoms with Crippen LogP contribution in [-0.2, 0) is 16.1 Å². The van der Waals surface area contributed by atoms with E-state index >= 15 is 0 Å². The fourth-order valence-corrected chi connectivity index (χ4v) is 3.98. The Labute approximate surface area is 164 Å². The molecular formula is C19H27NO4S2. The Kier molecular flexibility index (Phi) is 10.3. The van der Waals surface area contributed by atoms with E-state index in [0.29, 0.717) is 30.4 Å². The van der Waals surface area contributed by atoms with E-state index < -0.39 is 6.09 Å². The third-order valence-corrected chi connectivity index (χ3v) is 6.04. The summed E-state index contributed by atoms with van der Waals surface area (Å²) in [4.78, 5) is 11.8. The first-order valence-corrected chi connectivity index (χ1v) is 10.2. The summed E-state index contributed by atoms with van der Waals surface area (Å²) in [6.45, 7) is 12.5. The highest BCUT2D eigenvalue weighted by Gasteiger charge is 2.18. The van der Waals surface area contributed by atoms with Crippen LogP contribution in [0.25, 0.3) is 0 Å². The summed E-state index contributed by atoms with van der Waals surface area (Å²) < 4.78 is 10.6. The molecule has 5 nitrogen and oxygen atoms in total. The highest BCUT2D eigenvalue weighted by Crippen LogP contribution is 2.36. The summed E-state index contributed by atoms with van der Waals surface area (Å²) in [5, 5.41) is 11.7.